The van der Waals surface area contributed by atoms with Crippen LogP contribution in [0.15, 0.2) is 97.2 Å². The fourth-order valence-electron chi connectivity index (χ4n) is 7.07. The van der Waals surface area contributed by atoms with Crippen molar-refractivity contribution in [2.75, 3.05) is 13.2 Å². The van der Waals surface area contributed by atoms with E-state index >= 15 is 0 Å². The SMILES string of the molecule is CC/C=C\C/C=C\C/C=C\C/C=C\C/C=C\C/C=C\CCC(=O)OCC(COC(=O)CCCCCCCCCCCCCCCC)OC(=O)CCCCCCC/C=C\C/C=C\CCCC. The average molecular weight is 903 g/mol. The summed E-state index contributed by atoms with van der Waals surface area (Å²) < 4.78 is 16.7. The highest BCUT2D eigenvalue weighted by molar-refractivity contribution is 5.71. The van der Waals surface area contributed by atoms with Gasteiger partial charge < -0.3 is 14.2 Å². The Kier molecular flexibility index (Phi) is 50.0. The van der Waals surface area contributed by atoms with Crippen molar-refractivity contribution < 1.29 is 28.6 Å². The molecule has 6 nitrogen and oxygen atoms in total. The predicted molar refractivity (Wildman–Crippen MR) is 279 cm³/mol. The van der Waals surface area contributed by atoms with Crippen molar-refractivity contribution in [3.05, 3.63) is 97.2 Å². The van der Waals surface area contributed by atoms with Gasteiger partial charge >= 0.3 is 17.9 Å². The highest BCUT2D eigenvalue weighted by Crippen LogP contribution is 2.15. The first-order chi connectivity index (χ1) is 32.0. The number of ether oxygens (including phenoxy) is 3. The van der Waals surface area contributed by atoms with E-state index in [9.17, 15) is 14.4 Å². The fraction of sp³-hybridized carbons (Fsp3) is 0.678. The third-order valence-corrected chi connectivity index (χ3v) is 11.1. The van der Waals surface area contributed by atoms with Crippen LogP contribution in [0.3, 0.4) is 0 Å². The van der Waals surface area contributed by atoms with Gasteiger partial charge in [-0.15, -0.1) is 0 Å². The molecule has 0 amide bonds. The number of unbranched alkanes of at least 4 members (excludes halogenated alkanes) is 20. The first-order valence-electron chi connectivity index (χ1n) is 26.7. The van der Waals surface area contributed by atoms with Crippen LogP contribution in [0, 0.1) is 0 Å². The molecule has 0 saturated carbocycles. The summed E-state index contributed by atoms with van der Waals surface area (Å²) in [5.74, 6) is -1.01. The van der Waals surface area contributed by atoms with Crippen LogP contribution in [0.4, 0.5) is 0 Å². The minimum absolute atomic E-state index is 0.105. The van der Waals surface area contributed by atoms with Gasteiger partial charge in [0.2, 0.25) is 0 Å². The molecule has 0 radical (unpaired) electrons. The zero-order valence-corrected chi connectivity index (χ0v) is 42.2. The van der Waals surface area contributed by atoms with Crippen molar-refractivity contribution in [2.45, 2.75) is 245 Å². The van der Waals surface area contributed by atoms with E-state index in [0.29, 0.717) is 19.3 Å². The quantitative estimate of drug-likeness (QED) is 0.0262. The van der Waals surface area contributed by atoms with Gasteiger partial charge in [-0.3, -0.25) is 14.4 Å². The summed E-state index contributed by atoms with van der Waals surface area (Å²) in [4.78, 5) is 38.0. The molecule has 0 aromatic rings. The number of allylic oxidation sites excluding steroid dienone is 16. The number of esters is 3. The van der Waals surface area contributed by atoms with Crippen LogP contribution < -0.4 is 0 Å². The molecule has 0 fully saturated rings. The molecule has 0 aliphatic carbocycles. The number of hydrogen-bond donors (Lipinski definition) is 0. The molecule has 0 bridgehead atoms. The monoisotopic (exact) mass is 903 g/mol. The second-order valence-corrected chi connectivity index (χ2v) is 17.4. The van der Waals surface area contributed by atoms with Gasteiger partial charge in [-0.1, -0.05) is 234 Å². The Morgan fingerprint density at radius 2 is 0.646 bits per heavy atom. The number of carbonyl (C=O) groups excluding carboxylic acids is 3. The maximum absolute atomic E-state index is 12.8. The van der Waals surface area contributed by atoms with Crippen molar-refractivity contribution in [1.82, 2.24) is 0 Å². The lowest BCUT2D eigenvalue weighted by atomic mass is 10.0. The Hall–Kier alpha value is -3.67. The second-order valence-electron chi connectivity index (χ2n) is 17.4. The third kappa shape index (κ3) is 51.2. The van der Waals surface area contributed by atoms with E-state index in [1.165, 1.54) is 89.9 Å². The molecule has 0 aliphatic rings. The number of carbonyl (C=O) groups is 3. The van der Waals surface area contributed by atoms with Crippen LogP contribution in [0.5, 0.6) is 0 Å². The zero-order chi connectivity index (χ0) is 47.2. The standard InChI is InChI=1S/C59H98O6/c1-4-7-10-13-16-19-22-25-28-29-30-31-32-35-37-40-43-46-49-52-58(61)64-55-56(65-59(62)53-50-47-44-41-38-34-27-24-21-18-15-12-9-6-3)54-63-57(60)51-48-45-42-39-36-33-26-23-20-17-14-11-8-5-2/h7,10,15-16,18-19,24-25,27-28,30-31,35,37,43,46,56H,4-6,8-9,11-14,17,20-23,26,29,32-34,36,38-42,44-45,47-55H2,1-3H3/b10-7-,18-15-,19-16-,27-24-,28-25-,31-30-,37-35-,46-43-. The Balaban J connectivity index is 4.51. The smallest absolute Gasteiger partial charge is 0.306 e. The molecule has 1 atom stereocenters. The van der Waals surface area contributed by atoms with Gasteiger partial charge in [0.1, 0.15) is 13.2 Å². The number of rotatable bonds is 47. The van der Waals surface area contributed by atoms with Crippen LogP contribution in [0.25, 0.3) is 0 Å². The van der Waals surface area contributed by atoms with Crippen molar-refractivity contribution in [3.8, 4) is 0 Å². The van der Waals surface area contributed by atoms with Crippen molar-refractivity contribution in [3.63, 3.8) is 0 Å². The summed E-state index contributed by atoms with van der Waals surface area (Å²) in [6, 6.07) is 0. The first kappa shape index (κ1) is 61.3. The van der Waals surface area contributed by atoms with Crippen molar-refractivity contribution >= 4 is 17.9 Å². The second kappa shape index (κ2) is 52.9. The van der Waals surface area contributed by atoms with Gasteiger partial charge in [-0.05, 0) is 83.5 Å². The topological polar surface area (TPSA) is 78.9 Å². The fourth-order valence-corrected chi connectivity index (χ4v) is 7.07. The van der Waals surface area contributed by atoms with Gasteiger partial charge in [-0.2, -0.15) is 0 Å². The Labute approximate surface area is 400 Å². The minimum Gasteiger partial charge on any atom is -0.462 e. The highest BCUT2D eigenvalue weighted by Gasteiger charge is 2.19. The van der Waals surface area contributed by atoms with Gasteiger partial charge in [-0.25, -0.2) is 0 Å². The molecule has 0 saturated heterocycles. The molecule has 0 rings (SSSR count). The summed E-state index contributed by atoms with van der Waals surface area (Å²) in [6.07, 6.45) is 69.7. The van der Waals surface area contributed by atoms with E-state index in [-0.39, 0.29) is 37.5 Å². The summed E-state index contributed by atoms with van der Waals surface area (Å²) in [7, 11) is 0. The maximum Gasteiger partial charge on any atom is 0.306 e. The number of hydrogen-bond acceptors (Lipinski definition) is 6. The normalized spacial score (nSPS) is 12.8. The van der Waals surface area contributed by atoms with Crippen LogP contribution in [-0.2, 0) is 28.6 Å². The summed E-state index contributed by atoms with van der Waals surface area (Å²) in [6.45, 7) is 6.41. The molecule has 0 aromatic heterocycles. The minimum atomic E-state index is -0.814. The van der Waals surface area contributed by atoms with Gasteiger partial charge in [0.15, 0.2) is 6.10 Å². The van der Waals surface area contributed by atoms with E-state index in [1.807, 2.05) is 6.08 Å². The maximum atomic E-state index is 12.8. The molecule has 1 unspecified atom stereocenters. The van der Waals surface area contributed by atoms with E-state index in [1.54, 1.807) is 0 Å². The van der Waals surface area contributed by atoms with E-state index in [2.05, 4.69) is 112 Å². The van der Waals surface area contributed by atoms with Crippen molar-refractivity contribution in [2.24, 2.45) is 0 Å². The molecule has 0 spiro atoms. The molecule has 6 heteroatoms. The van der Waals surface area contributed by atoms with Crippen LogP contribution in [0.2, 0.25) is 0 Å². The van der Waals surface area contributed by atoms with Gasteiger partial charge in [0.25, 0.3) is 0 Å². The first-order valence-corrected chi connectivity index (χ1v) is 26.7. The lowest BCUT2D eigenvalue weighted by molar-refractivity contribution is -0.166. The predicted octanol–water partition coefficient (Wildman–Crippen LogP) is 17.8. The Morgan fingerprint density at radius 1 is 0.323 bits per heavy atom. The average Bonchev–Trinajstić information content (AvgIpc) is 3.30. The molecule has 0 aromatic carbocycles. The van der Waals surface area contributed by atoms with Gasteiger partial charge in [0.05, 0.1) is 0 Å². The molecule has 0 N–H and O–H groups in total. The lowest BCUT2D eigenvalue weighted by Crippen LogP contribution is -2.30. The third-order valence-electron chi connectivity index (χ3n) is 11.1. The van der Waals surface area contributed by atoms with Crippen LogP contribution >= 0.6 is 0 Å². The summed E-state index contributed by atoms with van der Waals surface area (Å²) >= 11 is 0. The highest BCUT2D eigenvalue weighted by atomic mass is 16.6. The molecular weight excluding hydrogens is 805 g/mol. The van der Waals surface area contributed by atoms with E-state index < -0.39 is 6.10 Å². The van der Waals surface area contributed by atoms with Gasteiger partial charge in [0, 0.05) is 19.3 Å². The Bertz CT molecular complexity index is 1310. The lowest BCUT2D eigenvalue weighted by Gasteiger charge is -2.18. The summed E-state index contributed by atoms with van der Waals surface area (Å²) in [5.41, 5.74) is 0. The zero-order valence-electron chi connectivity index (χ0n) is 42.2. The molecule has 0 aliphatic heterocycles. The molecule has 65 heavy (non-hydrogen) atoms. The van der Waals surface area contributed by atoms with E-state index in [0.717, 1.165) is 103 Å². The summed E-state index contributed by atoms with van der Waals surface area (Å²) in [5, 5.41) is 0. The van der Waals surface area contributed by atoms with Crippen LogP contribution in [-0.4, -0.2) is 37.2 Å². The molecule has 0 heterocycles. The van der Waals surface area contributed by atoms with Crippen molar-refractivity contribution in [1.29, 1.82) is 0 Å². The Morgan fingerprint density at radius 3 is 1.08 bits per heavy atom. The largest absolute Gasteiger partial charge is 0.462 e. The van der Waals surface area contributed by atoms with E-state index in [4.69, 9.17) is 14.2 Å². The molecular formula is C59H98O6. The van der Waals surface area contributed by atoms with Crippen LogP contribution in [0.1, 0.15) is 239 Å². The molecule has 370 valence electrons.